The van der Waals surface area contributed by atoms with Crippen LogP contribution in [0.4, 0.5) is 5.69 Å². The molecule has 0 aliphatic heterocycles. The maximum atomic E-state index is 12.2. The highest BCUT2D eigenvalue weighted by Gasteiger charge is 2.10. The summed E-state index contributed by atoms with van der Waals surface area (Å²) in [7, 11) is 0. The van der Waals surface area contributed by atoms with Gasteiger partial charge in [0.15, 0.2) is 0 Å². The monoisotopic (exact) mass is 324 g/mol. The van der Waals surface area contributed by atoms with Crippen LogP contribution in [0.15, 0.2) is 61.4 Å². The molecule has 24 heavy (non-hydrogen) atoms. The van der Waals surface area contributed by atoms with Crippen molar-refractivity contribution in [3.63, 3.8) is 0 Å². The molecule has 0 fully saturated rings. The zero-order valence-corrected chi connectivity index (χ0v) is 13.3. The van der Waals surface area contributed by atoms with Crippen LogP contribution >= 0.6 is 0 Å². The van der Waals surface area contributed by atoms with Crippen molar-refractivity contribution in [3.05, 3.63) is 72.6 Å². The summed E-state index contributed by atoms with van der Waals surface area (Å²) in [6.07, 6.45) is 4.84. The standard InChI is InChI=1S/C18H20N4O2/c1-2-9-20-16-6-4-3-5-15(16)18(24)22-13-12-21-17(23)14-7-10-19-11-8-14/h2-8,10-11,20H,1,9,12-13H2,(H,21,23)(H,22,24). The van der Waals surface area contributed by atoms with Gasteiger partial charge in [-0.25, -0.2) is 0 Å². The molecular formula is C18H20N4O2. The highest BCUT2D eigenvalue weighted by Crippen LogP contribution is 2.14. The largest absolute Gasteiger partial charge is 0.381 e. The minimum atomic E-state index is -0.195. The molecule has 2 aromatic rings. The van der Waals surface area contributed by atoms with E-state index in [0.717, 1.165) is 5.69 Å². The summed E-state index contributed by atoms with van der Waals surface area (Å²) in [4.78, 5) is 28.0. The second-order valence-electron chi connectivity index (χ2n) is 4.96. The van der Waals surface area contributed by atoms with E-state index in [1.165, 1.54) is 0 Å². The van der Waals surface area contributed by atoms with Gasteiger partial charge in [-0.1, -0.05) is 18.2 Å². The van der Waals surface area contributed by atoms with Gasteiger partial charge in [-0.2, -0.15) is 0 Å². The van der Waals surface area contributed by atoms with Gasteiger partial charge in [-0.3, -0.25) is 14.6 Å². The van der Waals surface area contributed by atoms with Crippen molar-refractivity contribution in [2.75, 3.05) is 25.0 Å². The van der Waals surface area contributed by atoms with Crippen molar-refractivity contribution in [2.45, 2.75) is 0 Å². The minimum absolute atomic E-state index is 0.194. The number of anilines is 1. The Balaban J connectivity index is 1.81. The lowest BCUT2D eigenvalue weighted by atomic mass is 10.1. The number of pyridine rings is 1. The SMILES string of the molecule is C=CCNc1ccccc1C(=O)NCCNC(=O)c1ccncc1. The van der Waals surface area contributed by atoms with Crippen LogP contribution in [0.1, 0.15) is 20.7 Å². The van der Waals surface area contributed by atoms with E-state index in [0.29, 0.717) is 30.8 Å². The average Bonchev–Trinajstić information content (AvgIpc) is 2.64. The molecule has 2 rings (SSSR count). The average molecular weight is 324 g/mol. The Hall–Kier alpha value is -3.15. The van der Waals surface area contributed by atoms with Crippen LogP contribution in [0.5, 0.6) is 0 Å². The summed E-state index contributed by atoms with van der Waals surface area (Å²) in [6, 6.07) is 10.5. The normalized spacial score (nSPS) is 9.83. The van der Waals surface area contributed by atoms with E-state index in [1.54, 1.807) is 42.7 Å². The van der Waals surface area contributed by atoms with Crippen molar-refractivity contribution in [1.82, 2.24) is 15.6 Å². The zero-order valence-electron chi connectivity index (χ0n) is 13.3. The van der Waals surface area contributed by atoms with Gasteiger partial charge in [0.2, 0.25) is 0 Å². The van der Waals surface area contributed by atoms with Crippen LogP contribution in [-0.2, 0) is 0 Å². The fraction of sp³-hybridized carbons (Fsp3) is 0.167. The van der Waals surface area contributed by atoms with Gasteiger partial charge < -0.3 is 16.0 Å². The molecule has 6 nitrogen and oxygen atoms in total. The third-order valence-corrected chi connectivity index (χ3v) is 3.25. The Kier molecular flexibility index (Phi) is 6.52. The van der Waals surface area contributed by atoms with Gasteiger partial charge in [0.25, 0.3) is 11.8 Å². The van der Waals surface area contributed by atoms with Gasteiger partial charge in [0.1, 0.15) is 0 Å². The van der Waals surface area contributed by atoms with Crippen molar-refractivity contribution < 1.29 is 9.59 Å². The first kappa shape index (κ1) is 17.2. The van der Waals surface area contributed by atoms with Gasteiger partial charge in [0, 0.05) is 43.3 Å². The Labute approximate surface area is 141 Å². The molecular weight excluding hydrogens is 304 g/mol. The van der Waals surface area contributed by atoms with Crippen LogP contribution in [-0.4, -0.2) is 36.4 Å². The summed E-state index contributed by atoms with van der Waals surface area (Å²) in [6.45, 7) is 4.90. The number of para-hydroxylation sites is 1. The summed E-state index contributed by atoms with van der Waals surface area (Å²) in [5, 5.41) is 8.65. The first-order valence-electron chi connectivity index (χ1n) is 7.62. The summed E-state index contributed by atoms with van der Waals surface area (Å²) < 4.78 is 0. The molecule has 1 aromatic carbocycles. The van der Waals surface area contributed by atoms with Crippen molar-refractivity contribution >= 4 is 17.5 Å². The molecule has 1 aromatic heterocycles. The third-order valence-electron chi connectivity index (χ3n) is 3.25. The van der Waals surface area contributed by atoms with Crippen LogP contribution in [0.2, 0.25) is 0 Å². The Morgan fingerprint density at radius 3 is 2.38 bits per heavy atom. The van der Waals surface area contributed by atoms with E-state index in [-0.39, 0.29) is 11.8 Å². The number of rotatable bonds is 8. The van der Waals surface area contributed by atoms with Crippen LogP contribution in [0.3, 0.4) is 0 Å². The number of nitrogens with one attached hydrogen (secondary N) is 3. The highest BCUT2D eigenvalue weighted by molar-refractivity contribution is 5.99. The molecule has 0 aliphatic rings. The molecule has 1 heterocycles. The molecule has 0 saturated heterocycles. The molecule has 6 heteroatoms. The van der Waals surface area contributed by atoms with E-state index >= 15 is 0 Å². The lowest BCUT2D eigenvalue weighted by molar-refractivity contribution is 0.0928. The molecule has 0 saturated carbocycles. The molecule has 0 spiro atoms. The number of carbonyl (C=O) groups is 2. The number of amides is 2. The zero-order chi connectivity index (χ0) is 17.2. The third kappa shape index (κ3) is 4.95. The lowest BCUT2D eigenvalue weighted by Crippen LogP contribution is -2.35. The van der Waals surface area contributed by atoms with Crippen molar-refractivity contribution in [1.29, 1.82) is 0 Å². The highest BCUT2D eigenvalue weighted by atomic mass is 16.2. The van der Waals surface area contributed by atoms with E-state index in [1.807, 2.05) is 12.1 Å². The molecule has 0 aliphatic carbocycles. The number of hydrogen-bond donors (Lipinski definition) is 3. The lowest BCUT2D eigenvalue weighted by Gasteiger charge is -2.11. The van der Waals surface area contributed by atoms with Gasteiger partial charge in [-0.05, 0) is 24.3 Å². The Bertz CT molecular complexity index is 701. The van der Waals surface area contributed by atoms with Crippen LogP contribution < -0.4 is 16.0 Å². The van der Waals surface area contributed by atoms with Crippen LogP contribution in [0.25, 0.3) is 0 Å². The molecule has 3 N–H and O–H groups in total. The van der Waals surface area contributed by atoms with Gasteiger partial charge in [-0.15, -0.1) is 6.58 Å². The fourth-order valence-corrected chi connectivity index (χ4v) is 2.07. The molecule has 0 bridgehead atoms. The maximum absolute atomic E-state index is 12.2. The number of nitrogens with zero attached hydrogens (tertiary/aromatic N) is 1. The minimum Gasteiger partial charge on any atom is -0.381 e. The molecule has 124 valence electrons. The molecule has 0 radical (unpaired) electrons. The quantitative estimate of drug-likeness (QED) is 0.511. The smallest absolute Gasteiger partial charge is 0.253 e. The number of carbonyl (C=O) groups excluding carboxylic acids is 2. The maximum Gasteiger partial charge on any atom is 0.253 e. The topological polar surface area (TPSA) is 83.1 Å². The molecule has 0 unspecified atom stereocenters. The molecule has 2 amide bonds. The second kappa shape index (κ2) is 9.09. The summed E-state index contributed by atoms with van der Waals surface area (Å²) in [5.74, 6) is -0.389. The van der Waals surface area contributed by atoms with E-state index < -0.39 is 0 Å². The van der Waals surface area contributed by atoms with Crippen LogP contribution in [0, 0.1) is 0 Å². The van der Waals surface area contributed by atoms with Gasteiger partial charge >= 0.3 is 0 Å². The Morgan fingerprint density at radius 1 is 1.00 bits per heavy atom. The van der Waals surface area contributed by atoms with Crippen molar-refractivity contribution in [2.24, 2.45) is 0 Å². The predicted molar refractivity (Wildman–Crippen MR) is 94.0 cm³/mol. The van der Waals surface area contributed by atoms with E-state index in [2.05, 4.69) is 27.5 Å². The summed E-state index contributed by atoms with van der Waals surface area (Å²) in [5.41, 5.74) is 1.84. The second-order valence-corrected chi connectivity index (χ2v) is 4.96. The van der Waals surface area contributed by atoms with Gasteiger partial charge in [0.05, 0.1) is 5.56 Å². The molecule has 0 atom stereocenters. The van der Waals surface area contributed by atoms with Crippen molar-refractivity contribution in [3.8, 4) is 0 Å². The fourth-order valence-electron chi connectivity index (χ4n) is 2.07. The number of hydrogen-bond acceptors (Lipinski definition) is 4. The number of benzene rings is 1. The Morgan fingerprint density at radius 2 is 1.67 bits per heavy atom. The first-order valence-corrected chi connectivity index (χ1v) is 7.62. The first-order chi connectivity index (χ1) is 11.7. The number of aromatic nitrogens is 1. The van der Waals surface area contributed by atoms with E-state index in [4.69, 9.17) is 0 Å². The van der Waals surface area contributed by atoms with E-state index in [9.17, 15) is 9.59 Å². The summed E-state index contributed by atoms with van der Waals surface area (Å²) >= 11 is 0. The predicted octanol–water partition coefficient (Wildman–Crippen LogP) is 1.84.